The van der Waals surface area contributed by atoms with Gasteiger partial charge in [0.1, 0.15) is 0 Å². The summed E-state index contributed by atoms with van der Waals surface area (Å²) in [5.41, 5.74) is 1.59. The summed E-state index contributed by atoms with van der Waals surface area (Å²) in [5.74, 6) is -2.04. The van der Waals surface area contributed by atoms with E-state index in [1.165, 1.54) is 18.2 Å². The van der Waals surface area contributed by atoms with Crippen molar-refractivity contribution >= 4 is 31.6 Å². The summed E-state index contributed by atoms with van der Waals surface area (Å²) in [5, 5.41) is 2.71. The van der Waals surface area contributed by atoms with Crippen molar-refractivity contribution in [2.75, 3.05) is 0 Å². The second-order valence-electron chi connectivity index (χ2n) is 7.18. The molecule has 2 heterocycles. The zero-order valence-corrected chi connectivity index (χ0v) is 18.3. The van der Waals surface area contributed by atoms with Gasteiger partial charge < -0.3 is 4.52 Å². The number of alkyl halides is 3. The maximum absolute atomic E-state index is 12.9. The van der Waals surface area contributed by atoms with Gasteiger partial charge in [-0.15, -0.1) is 0 Å². The fourth-order valence-electron chi connectivity index (χ4n) is 3.45. The Morgan fingerprint density at radius 2 is 1.87 bits per heavy atom. The predicted octanol–water partition coefficient (Wildman–Crippen LogP) is 4.66. The normalized spacial score (nSPS) is 17.5. The Labute approximate surface area is 183 Å². The SMILES string of the molecule is CC1Cc2c(Br)ccc(C(=O)Cc3ccc(-c4noc(C(F)(F)F)n4)cc3)c2S1(=O)=O. The fraction of sp³-hybridized carbons (Fsp3) is 0.250. The molecule has 0 saturated carbocycles. The van der Waals surface area contributed by atoms with Crippen LogP contribution in [0.15, 0.2) is 50.3 Å². The monoisotopic (exact) mass is 514 g/mol. The van der Waals surface area contributed by atoms with E-state index in [1.807, 2.05) is 0 Å². The van der Waals surface area contributed by atoms with Gasteiger partial charge in [-0.2, -0.15) is 18.2 Å². The van der Waals surface area contributed by atoms with E-state index in [0.29, 0.717) is 22.0 Å². The van der Waals surface area contributed by atoms with E-state index in [0.717, 1.165) is 0 Å². The van der Waals surface area contributed by atoms with Crippen molar-refractivity contribution in [1.82, 2.24) is 10.1 Å². The summed E-state index contributed by atoms with van der Waals surface area (Å²) < 4.78 is 68.1. The van der Waals surface area contributed by atoms with E-state index in [4.69, 9.17) is 0 Å². The van der Waals surface area contributed by atoms with E-state index in [1.54, 1.807) is 25.1 Å². The Kier molecular flexibility index (Phi) is 5.29. The Balaban J connectivity index is 1.59. The van der Waals surface area contributed by atoms with Crippen LogP contribution in [-0.4, -0.2) is 29.6 Å². The summed E-state index contributed by atoms with van der Waals surface area (Å²) in [7, 11) is -3.60. The average Bonchev–Trinajstić information content (AvgIpc) is 3.28. The molecule has 1 aliphatic heterocycles. The molecule has 0 N–H and O–H groups in total. The molecule has 6 nitrogen and oxygen atoms in total. The molecule has 1 unspecified atom stereocenters. The van der Waals surface area contributed by atoms with Gasteiger partial charge in [0, 0.05) is 22.0 Å². The number of hydrogen-bond donors (Lipinski definition) is 0. The van der Waals surface area contributed by atoms with E-state index in [9.17, 15) is 26.4 Å². The third-order valence-corrected chi connectivity index (χ3v) is 8.06. The molecule has 0 saturated heterocycles. The number of nitrogens with zero attached hydrogens (tertiary/aromatic N) is 2. The number of benzene rings is 2. The minimum Gasteiger partial charge on any atom is -0.329 e. The summed E-state index contributed by atoms with van der Waals surface area (Å²) in [6, 6.07) is 9.20. The van der Waals surface area contributed by atoms with Crippen LogP contribution in [0.1, 0.15) is 34.3 Å². The number of halogens is 4. The molecule has 0 aliphatic carbocycles. The number of hydrogen-bond acceptors (Lipinski definition) is 6. The van der Waals surface area contributed by atoms with Gasteiger partial charge in [0.2, 0.25) is 5.82 Å². The first-order chi connectivity index (χ1) is 14.5. The average molecular weight is 515 g/mol. The molecular formula is C20H14BrF3N2O4S. The van der Waals surface area contributed by atoms with Crippen LogP contribution >= 0.6 is 15.9 Å². The van der Waals surface area contributed by atoms with Crippen molar-refractivity contribution in [1.29, 1.82) is 0 Å². The number of carbonyl (C=O) groups excluding carboxylic acids is 1. The quantitative estimate of drug-likeness (QED) is 0.470. The highest BCUT2D eigenvalue weighted by Crippen LogP contribution is 2.38. The first-order valence-corrected chi connectivity index (χ1v) is 11.4. The lowest BCUT2D eigenvalue weighted by Crippen LogP contribution is -2.15. The van der Waals surface area contributed by atoms with Gasteiger partial charge in [0.05, 0.1) is 10.1 Å². The predicted molar refractivity (Wildman–Crippen MR) is 107 cm³/mol. The lowest BCUT2D eigenvalue weighted by molar-refractivity contribution is -0.159. The second-order valence-corrected chi connectivity index (χ2v) is 10.3. The Bertz CT molecular complexity index is 1280. The fourth-order valence-corrected chi connectivity index (χ4v) is 5.88. The summed E-state index contributed by atoms with van der Waals surface area (Å²) in [6.07, 6.45) is -4.47. The van der Waals surface area contributed by atoms with Crippen molar-refractivity contribution in [3.8, 4) is 11.4 Å². The molecule has 0 fully saturated rings. The van der Waals surface area contributed by atoms with Gasteiger partial charge >= 0.3 is 12.1 Å². The zero-order valence-electron chi connectivity index (χ0n) is 15.9. The maximum Gasteiger partial charge on any atom is 0.471 e. The summed E-state index contributed by atoms with van der Waals surface area (Å²) in [6.45, 7) is 1.61. The third kappa shape index (κ3) is 3.91. The molecule has 11 heteroatoms. The molecular weight excluding hydrogens is 501 g/mol. The lowest BCUT2D eigenvalue weighted by Gasteiger charge is -2.09. The van der Waals surface area contributed by atoms with Gasteiger partial charge in [0.25, 0.3) is 0 Å². The third-order valence-electron chi connectivity index (χ3n) is 5.05. The number of Topliss-reactive ketones (excluding diaryl/α,β-unsaturated/α-hetero) is 1. The van der Waals surface area contributed by atoms with E-state index >= 15 is 0 Å². The van der Waals surface area contributed by atoms with E-state index < -0.39 is 27.2 Å². The molecule has 31 heavy (non-hydrogen) atoms. The van der Waals surface area contributed by atoms with Crippen LogP contribution in [0.5, 0.6) is 0 Å². The number of sulfone groups is 1. The summed E-state index contributed by atoms with van der Waals surface area (Å²) in [4.78, 5) is 16.3. The maximum atomic E-state index is 12.9. The van der Waals surface area contributed by atoms with Crippen LogP contribution in [0, 0.1) is 0 Å². The number of carbonyl (C=O) groups is 1. The van der Waals surface area contributed by atoms with Crippen LogP contribution in [0.25, 0.3) is 11.4 Å². The molecule has 0 spiro atoms. The van der Waals surface area contributed by atoms with Gasteiger partial charge in [-0.05, 0) is 36.6 Å². The molecule has 1 atom stereocenters. The van der Waals surface area contributed by atoms with Crippen molar-refractivity contribution in [3.63, 3.8) is 0 Å². The Hall–Kier alpha value is -2.53. The highest BCUT2D eigenvalue weighted by Gasteiger charge is 2.39. The van der Waals surface area contributed by atoms with E-state index in [-0.39, 0.29) is 34.1 Å². The minimum absolute atomic E-state index is 0.0711. The topological polar surface area (TPSA) is 90.1 Å². The number of rotatable bonds is 4. The van der Waals surface area contributed by atoms with Crippen molar-refractivity contribution in [2.45, 2.75) is 36.1 Å². The Morgan fingerprint density at radius 3 is 2.48 bits per heavy atom. The Morgan fingerprint density at radius 1 is 1.19 bits per heavy atom. The van der Waals surface area contributed by atoms with Gasteiger partial charge in [0.15, 0.2) is 15.6 Å². The van der Waals surface area contributed by atoms with Gasteiger partial charge in [-0.3, -0.25) is 4.79 Å². The van der Waals surface area contributed by atoms with Gasteiger partial charge in [-0.1, -0.05) is 45.4 Å². The number of fused-ring (bicyclic) bond motifs is 1. The molecule has 0 bridgehead atoms. The molecule has 2 aromatic carbocycles. The zero-order chi connectivity index (χ0) is 22.6. The molecule has 0 amide bonds. The molecule has 1 aliphatic rings. The van der Waals surface area contributed by atoms with Crippen LogP contribution in [0.4, 0.5) is 13.2 Å². The molecule has 1 aromatic heterocycles. The largest absolute Gasteiger partial charge is 0.471 e. The number of ketones is 1. The highest BCUT2D eigenvalue weighted by atomic mass is 79.9. The van der Waals surface area contributed by atoms with Crippen molar-refractivity contribution in [2.24, 2.45) is 0 Å². The van der Waals surface area contributed by atoms with Crippen LogP contribution < -0.4 is 0 Å². The minimum atomic E-state index is -4.74. The highest BCUT2D eigenvalue weighted by molar-refractivity contribution is 9.10. The smallest absolute Gasteiger partial charge is 0.329 e. The number of aromatic nitrogens is 2. The lowest BCUT2D eigenvalue weighted by atomic mass is 9.99. The molecule has 3 aromatic rings. The van der Waals surface area contributed by atoms with Gasteiger partial charge in [-0.25, -0.2) is 8.42 Å². The summed E-state index contributed by atoms with van der Waals surface area (Å²) >= 11 is 3.35. The first-order valence-electron chi connectivity index (χ1n) is 9.07. The second kappa shape index (κ2) is 7.56. The molecule has 4 rings (SSSR count). The van der Waals surface area contributed by atoms with Crippen LogP contribution in [0.2, 0.25) is 0 Å². The van der Waals surface area contributed by atoms with Crippen molar-refractivity contribution in [3.05, 3.63) is 63.5 Å². The standard InChI is InChI=1S/C20H14BrF3N2O4S/c1-10-8-14-15(21)7-6-13(17(14)31(10,28)29)16(27)9-11-2-4-12(5-3-11)18-25-19(30-26-18)20(22,23)24/h2-7,10H,8-9H2,1H3. The molecule has 0 radical (unpaired) electrons. The van der Waals surface area contributed by atoms with Crippen LogP contribution in [0.3, 0.4) is 0 Å². The molecule has 162 valence electrons. The first kappa shape index (κ1) is 21.7. The van der Waals surface area contributed by atoms with Crippen molar-refractivity contribution < 1.29 is 30.9 Å². The van der Waals surface area contributed by atoms with E-state index in [2.05, 4.69) is 30.6 Å². The van der Waals surface area contributed by atoms with Crippen LogP contribution in [-0.2, 0) is 28.9 Å².